The summed E-state index contributed by atoms with van der Waals surface area (Å²) in [7, 11) is 0. The van der Waals surface area contributed by atoms with E-state index in [2.05, 4.69) is 30.9 Å². The Labute approximate surface area is 110 Å². The molecule has 0 N–H and O–H groups in total. The molecule has 1 nitrogen and oxygen atoms in total. The van der Waals surface area contributed by atoms with Gasteiger partial charge in [-0.2, -0.15) is 0 Å². The Morgan fingerprint density at radius 2 is 1.71 bits per heavy atom. The fourth-order valence-corrected chi connectivity index (χ4v) is 3.14. The molecule has 0 saturated carbocycles. The fourth-order valence-electron chi connectivity index (χ4n) is 2.89. The van der Waals surface area contributed by atoms with Crippen molar-refractivity contribution in [2.75, 3.05) is 13.1 Å². The van der Waals surface area contributed by atoms with Crippen LogP contribution in [0.2, 0.25) is 5.02 Å². The number of halogens is 1. The van der Waals surface area contributed by atoms with E-state index in [0.717, 1.165) is 5.02 Å². The summed E-state index contributed by atoms with van der Waals surface area (Å²) in [5, 5.41) is 0.914. The molecule has 0 spiro atoms. The van der Waals surface area contributed by atoms with Crippen LogP contribution >= 0.6 is 11.6 Å². The number of benzene rings is 1. The van der Waals surface area contributed by atoms with E-state index in [-0.39, 0.29) is 0 Å². The third kappa shape index (κ3) is 3.02. The van der Waals surface area contributed by atoms with Gasteiger partial charge in [0, 0.05) is 11.1 Å². The molecule has 1 saturated heterocycles. The Hall–Kier alpha value is -0.530. The third-order valence-corrected chi connectivity index (χ3v) is 3.98. The van der Waals surface area contributed by atoms with E-state index in [1.807, 2.05) is 12.1 Å². The van der Waals surface area contributed by atoms with Crippen LogP contribution in [0.1, 0.15) is 44.7 Å². The van der Waals surface area contributed by atoms with Gasteiger partial charge in [-0.15, -0.1) is 0 Å². The zero-order valence-corrected chi connectivity index (χ0v) is 11.6. The lowest BCUT2D eigenvalue weighted by molar-refractivity contribution is 0.128. The molecule has 0 amide bonds. The molecule has 2 heteroatoms. The van der Waals surface area contributed by atoms with Crippen molar-refractivity contribution in [2.45, 2.75) is 39.2 Å². The summed E-state index contributed by atoms with van der Waals surface area (Å²) >= 11 is 6.36. The van der Waals surface area contributed by atoms with Crippen molar-refractivity contribution in [3.05, 3.63) is 34.9 Å². The van der Waals surface area contributed by atoms with Crippen molar-refractivity contribution in [3.8, 4) is 0 Å². The summed E-state index contributed by atoms with van der Waals surface area (Å²) in [6, 6.07) is 8.78. The molecule has 1 aromatic carbocycles. The quantitative estimate of drug-likeness (QED) is 0.763. The van der Waals surface area contributed by atoms with Crippen molar-refractivity contribution in [1.29, 1.82) is 0 Å². The second kappa shape index (κ2) is 5.88. The van der Waals surface area contributed by atoms with E-state index in [1.165, 1.54) is 37.9 Å². The molecule has 0 aliphatic carbocycles. The Bertz CT molecular complexity index is 356. The molecule has 0 bridgehead atoms. The smallest absolute Gasteiger partial charge is 0.0453 e. The van der Waals surface area contributed by atoms with Crippen LogP contribution in [0.15, 0.2) is 24.3 Å². The Morgan fingerprint density at radius 3 is 2.29 bits per heavy atom. The minimum Gasteiger partial charge on any atom is -0.296 e. The van der Waals surface area contributed by atoms with Gasteiger partial charge in [-0.25, -0.2) is 0 Å². The van der Waals surface area contributed by atoms with E-state index in [4.69, 9.17) is 11.6 Å². The summed E-state index contributed by atoms with van der Waals surface area (Å²) in [6.07, 6.45) is 4.03. The van der Waals surface area contributed by atoms with Gasteiger partial charge < -0.3 is 0 Å². The molecular weight excluding hydrogens is 230 g/mol. The predicted molar refractivity (Wildman–Crippen MR) is 74.5 cm³/mol. The number of piperidine rings is 1. The SMILES string of the molecule is CC(C)C(c1ccccc1Cl)N1CCCCC1. The lowest BCUT2D eigenvalue weighted by Crippen LogP contribution is -2.36. The van der Waals surface area contributed by atoms with Gasteiger partial charge >= 0.3 is 0 Å². The van der Waals surface area contributed by atoms with Crippen LogP contribution in [0.4, 0.5) is 0 Å². The molecule has 1 unspecified atom stereocenters. The number of rotatable bonds is 3. The Morgan fingerprint density at radius 1 is 1.06 bits per heavy atom. The molecule has 17 heavy (non-hydrogen) atoms. The number of nitrogens with zero attached hydrogens (tertiary/aromatic N) is 1. The maximum Gasteiger partial charge on any atom is 0.0453 e. The molecule has 1 aliphatic heterocycles. The Balaban J connectivity index is 2.25. The van der Waals surface area contributed by atoms with Crippen LogP contribution in [-0.4, -0.2) is 18.0 Å². The van der Waals surface area contributed by atoms with Crippen LogP contribution < -0.4 is 0 Å². The highest BCUT2D eigenvalue weighted by molar-refractivity contribution is 6.31. The van der Waals surface area contributed by atoms with E-state index < -0.39 is 0 Å². The van der Waals surface area contributed by atoms with Crippen molar-refractivity contribution in [3.63, 3.8) is 0 Å². The van der Waals surface area contributed by atoms with Gasteiger partial charge in [0.25, 0.3) is 0 Å². The minimum atomic E-state index is 0.476. The van der Waals surface area contributed by atoms with E-state index in [1.54, 1.807) is 0 Å². The maximum atomic E-state index is 6.36. The highest BCUT2D eigenvalue weighted by Gasteiger charge is 2.26. The average Bonchev–Trinajstić information content (AvgIpc) is 2.33. The normalized spacial score (nSPS) is 19.5. The molecule has 0 radical (unpaired) electrons. The summed E-state index contributed by atoms with van der Waals surface area (Å²) in [5.41, 5.74) is 1.30. The zero-order chi connectivity index (χ0) is 12.3. The first-order valence-electron chi connectivity index (χ1n) is 6.68. The summed E-state index contributed by atoms with van der Waals surface area (Å²) < 4.78 is 0. The van der Waals surface area contributed by atoms with Gasteiger partial charge in [-0.1, -0.05) is 50.1 Å². The van der Waals surface area contributed by atoms with Crippen molar-refractivity contribution in [2.24, 2.45) is 5.92 Å². The molecule has 1 atom stereocenters. The average molecular weight is 252 g/mol. The van der Waals surface area contributed by atoms with E-state index in [0.29, 0.717) is 12.0 Å². The lowest BCUT2D eigenvalue weighted by Gasteiger charge is -2.37. The van der Waals surface area contributed by atoms with Gasteiger partial charge in [0.15, 0.2) is 0 Å². The van der Waals surface area contributed by atoms with Gasteiger partial charge in [-0.05, 0) is 43.5 Å². The fraction of sp³-hybridized carbons (Fsp3) is 0.600. The lowest BCUT2D eigenvalue weighted by atomic mass is 9.92. The first-order chi connectivity index (χ1) is 8.20. The monoisotopic (exact) mass is 251 g/mol. The first-order valence-corrected chi connectivity index (χ1v) is 7.06. The van der Waals surface area contributed by atoms with Crippen LogP contribution in [0.25, 0.3) is 0 Å². The number of hydrogen-bond donors (Lipinski definition) is 0. The number of likely N-dealkylation sites (tertiary alicyclic amines) is 1. The molecule has 1 fully saturated rings. The largest absolute Gasteiger partial charge is 0.296 e. The highest BCUT2D eigenvalue weighted by Crippen LogP contribution is 2.34. The van der Waals surface area contributed by atoms with Gasteiger partial charge in [0.1, 0.15) is 0 Å². The molecule has 0 aromatic heterocycles. The van der Waals surface area contributed by atoms with Crippen molar-refractivity contribution >= 4 is 11.6 Å². The second-order valence-electron chi connectivity index (χ2n) is 5.31. The number of hydrogen-bond acceptors (Lipinski definition) is 1. The summed E-state index contributed by atoms with van der Waals surface area (Å²) in [5.74, 6) is 0.605. The van der Waals surface area contributed by atoms with Gasteiger partial charge in [-0.3, -0.25) is 4.90 Å². The van der Waals surface area contributed by atoms with E-state index >= 15 is 0 Å². The van der Waals surface area contributed by atoms with Crippen LogP contribution in [0, 0.1) is 5.92 Å². The third-order valence-electron chi connectivity index (χ3n) is 3.64. The molecule has 1 aliphatic rings. The molecule has 1 aromatic rings. The van der Waals surface area contributed by atoms with Gasteiger partial charge in [0.05, 0.1) is 0 Å². The molecule has 94 valence electrons. The molecule has 2 rings (SSSR count). The second-order valence-corrected chi connectivity index (χ2v) is 5.71. The van der Waals surface area contributed by atoms with Crippen LogP contribution in [0.3, 0.4) is 0 Å². The molecule has 1 heterocycles. The summed E-state index contributed by atoms with van der Waals surface area (Å²) in [4.78, 5) is 2.61. The predicted octanol–water partition coefficient (Wildman–Crippen LogP) is 4.52. The van der Waals surface area contributed by atoms with Crippen LogP contribution in [0.5, 0.6) is 0 Å². The first kappa shape index (κ1) is 12.9. The van der Waals surface area contributed by atoms with E-state index in [9.17, 15) is 0 Å². The van der Waals surface area contributed by atoms with Crippen molar-refractivity contribution < 1.29 is 0 Å². The zero-order valence-electron chi connectivity index (χ0n) is 10.8. The van der Waals surface area contributed by atoms with Gasteiger partial charge in [0.2, 0.25) is 0 Å². The summed E-state index contributed by atoms with van der Waals surface area (Å²) in [6.45, 7) is 7.02. The molecular formula is C15H22ClN. The minimum absolute atomic E-state index is 0.476. The Kier molecular flexibility index (Phi) is 4.47. The maximum absolute atomic E-state index is 6.36. The topological polar surface area (TPSA) is 3.24 Å². The van der Waals surface area contributed by atoms with Crippen LogP contribution in [-0.2, 0) is 0 Å². The standard InChI is InChI=1S/C15H22ClN/c1-12(2)15(17-10-6-3-7-11-17)13-8-4-5-9-14(13)16/h4-5,8-9,12,15H,3,6-7,10-11H2,1-2H3. The highest BCUT2D eigenvalue weighted by atomic mass is 35.5. The van der Waals surface area contributed by atoms with Crippen molar-refractivity contribution in [1.82, 2.24) is 4.90 Å².